The summed E-state index contributed by atoms with van der Waals surface area (Å²) < 4.78 is 4.61. The predicted molar refractivity (Wildman–Crippen MR) is 76.5 cm³/mol. The zero-order valence-electron chi connectivity index (χ0n) is 12.7. The fourth-order valence-corrected chi connectivity index (χ4v) is 5.40. The molecule has 0 heterocycles. The largest absolute Gasteiger partial charge is 0.460 e. The van der Waals surface area contributed by atoms with E-state index < -0.39 is 17.5 Å². The Balaban J connectivity index is 1.56. The van der Waals surface area contributed by atoms with E-state index in [4.69, 9.17) is 0 Å². The van der Waals surface area contributed by atoms with Gasteiger partial charge in [0.1, 0.15) is 0 Å². The highest BCUT2D eigenvalue weighted by Crippen LogP contribution is 2.61. The maximum absolute atomic E-state index is 11.9. The van der Waals surface area contributed by atoms with Gasteiger partial charge in [-0.2, -0.15) is 0 Å². The number of rotatable bonds is 6. The van der Waals surface area contributed by atoms with Crippen molar-refractivity contribution in [1.82, 2.24) is 0 Å². The summed E-state index contributed by atoms with van der Waals surface area (Å²) in [5.41, 5.74) is 0.277. The molecule has 0 saturated heterocycles. The van der Waals surface area contributed by atoms with E-state index in [0.29, 0.717) is 0 Å². The second-order valence-electron chi connectivity index (χ2n) is 7.39. The van der Waals surface area contributed by atoms with E-state index in [0.717, 1.165) is 24.2 Å². The number of hydrogen-bond acceptors (Lipinski definition) is 4. The van der Waals surface area contributed by atoms with Crippen LogP contribution in [0.3, 0.4) is 0 Å². The highest BCUT2D eigenvalue weighted by atomic mass is 16.5. The maximum Gasteiger partial charge on any atom is 0.382 e. The van der Waals surface area contributed by atoms with Gasteiger partial charge < -0.3 is 4.74 Å². The third-order valence-electron chi connectivity index (χ3n) is 5.76. The Bertz CT molecular complexity index is 430. The second-order valence-corrected chi connectivity index (χ2v) is 7.39. The van der Waals surface area contributed by atoms with Crippen molar-refractivity contribution in [2.24, 2.45) is 23.2 Å². The highest BCUT2D eigenvalue weighted by molar-refractivity contribution is 6.62. The van der Waals surface area contributed by atoms with Crippen molar-refractivity contribution in [3.05, 3.63) is 0 Å². The number of carbonyl (C=O) groups is 3. The summed E-state index contributed by atoms with van der Waals surface area (Å²) >= 11 is 0. The molecule has 0 spiro atoms. The smallest absolute Gasteiger partial charge is 0.382 e. The number of ketones is 2. The molecule has 4 saturated carbocycles. The molecule has 0 aliphatic heterocycles. The van der Waals surface area contributed by atoms with Crippen LogP contribution in [0.15, 0.2) is 0 Å². The molecule has 4 heteroatoms. The minimum Gasteiger partial charge on any atom is -0.460 e. The first-order valence-corrected chi connectivity index (χ1v) is 8.25. The normalized spacial score (nSPS) is 36.5. The molecule has 0 aromatic carbocycles. The topological polar surface area (TPSA) is 60.4 Å². The number of hydrogen-bond donors (Lipinski definition) is 0. The first-order chi connectivity index (χ1) is 10.0. The zero-order chi connectivity index (χ0) is 15.0. The van der Waals surface area contributed by atoms with Gasteiger partial charge in [0.2, 0.25) is 5.78 Å². The summed E-state index contributed by atoms with van der Waals surface area (Å²) in [6.07, 6.45) is 8.77. The van der Waals surface area contributed by atoms with Crippen molar-refractivity contribution >= 4 is 17.5 Å². The minimum atomic E-state index is -0.993. The van der Waals surface area contributed by atoms with Gasteiger partial charge in [0.05, 0.1) is 6.61 Å². The third kappa shape index (κ3) is 2.90. The Labute approximate surface area is 125 Å². The van der Waals surface area contributed by atoms with Crippen molar-refractivity contribution < 1.29 is 19.1 Å². The summed E-state index contributed by atoms with van der Waals surface area (Å²) in [6.45, 7) is 1.76. The van der Waals surface area contributed by atoms with Crippen molar-refractivity contribution in [3.63, 3.8) is 0 Å². The quantitative estimate of drug-likeness (QED) is 0.429. The fraction of sp³-hybridized carbons (Fsp3) is 0.824. The molecule has 4 aliphatic rings. The molecule has 0 atom stereocenters. The van der Waals surface area contributed by atoms with Gasteiger partial charge in [-0.1, -0.05) is 0 Å². The summed E-state index contributed by atoms with van der Waals surface area (Å²) in [7, 11) is 0. The van der Waals surface area contributed by atoms with E-state index in [1.807, 2.05) is 0 Å². The average Bonchev–Trinajstić information content (AvgIpc) is 2.43. The van der Waals surface area contributed by atoms with Crippen LogP contribution in [-0.2, 0) is 19.1 Å². The molecule has 4 rings (SSSR count). The lowest BCUT2D eigenvalue weighted by molar-refractivity contribution is -0.156. The van der Waals surface area contributed by atoms with Crippen molar-refractivity contribution in [3.8, 4) is 0 Å². The number of carbonyl (C=O) groups excluding carboxylic acids is 3. The molecule has 0 radical (unpaired) electrons. The molecule has 116 valence electrons. The third-order valence-corrected chi connectivity index (χ3v) is 5.76. The van der Waals surface area contributed by atoms with Crippen molar-refractivity contribution in [1.29, 1.82) is 0 Å². The average molecular weight is 292 g/mol. The lowest BCUT2D eigenvalue weighted by Crippen LogP contribution is -2.46. The first-order valence-electron chi connectivity index (χ1n) is 8.25. The Hall–Kier alpha value is -1.19. The monoisotopic (exact) mass is 292 g/mol. The maximum atomic E-state index is 11.9. The van der Waals surface area contributed by atoms with Crippen LogP contribution in [0.4, 0.5) is 0 Å². The lowest BCUT2D eigenvalue weighted by atomic mass is 9.48. The van der Waals surface area contributed by atoms with Crippen LogP contribution < -0.4 is 0 Å². The molecule has 4 nitrogen and oxygen atoms in total. The SMILES string of the molecule is CCOC(=O)C(=O)C(=O)CCC12CC3CC(CC(C3)C1)C2. The molecule has 0 N–H and O–H groups in total. The van der Waals surface area contributed by atoms with Crippen LogP contribution in [0.5, 0.6) is 0 Å². The van der Waals surface area contributed by atoms with Crippen LogP contribution in [0.2, 0.25) is 0 Å². The molecule has 4 aliphatic carbocycles. The molecule has 4 bridgehead atoms. The standard InChI is InChI=1S/C17H24O4/c1-2-21-16(20)15(19)14(18)3-4-17-8-11-5-12(9-17)7-13(6-11)10-17/h11-13H,2-10H2,1H3. The molecular formula is C17H24O4. The van der Waals surface area contributed by atoms with Gasteiger partial charge in [-0.3, -0.25) is 9.59 Å². The fourth-order valence-electron chi connectivity index (χ4n) is 5.40. The first kappa shape index (κ1) is 14.7. The molecule has 0 aromatic rings. The summed E-state index contributed by atoms with van der Waals surface area (Å²) in [4.78, 5) is 34.8. The molecule has 0 amide bonds. The molecule has 0 unspecified atom stereocenters. The van der Waals surface area contributed by atoms with Gasteiger partial charge in [0, 0.05) is 6.42 Å². The summed E-state index contributed by atoms with van der Waals surface area (Å²) in [5, 5.41) is 0. The number of ether oxygens (including phenoxy) is 1. The van der Waals surface area contributed by atoms with E-state index in [-0.39, 0.29) is 18.4 Å². The van der Waals surface area contributed by atoms with Crippen LogP contribution in [0.1, 0.15) is 58.3 Å². The van der Waals surface area contributed by atoms with Gasteiger partial charge in [-0.25, -0.2) is 4.79 Å². The van der Waals surface area contributed by atoms with Crippen LogP contribution in [0, 0.1) is 23.2 Å². The van der Waals surface area contributed by atoms with E-state index in [1.165, 1.54) is 38.5 Å². The molecular weight excluding hydrogens is 268 g/mol. The van der Waals surface area contributed by atoms with E-state index in [9.17, 15) is 14.4 Å². The van der Waals surface area contributed by atoms with E-state index in [2.05, 4.69) is 4.74 Å². The van der Waals surface area contributed by atoms with E-state index >= 15 is 0 Å². The molecule has 4 fully saturated rings. The van der Waals surface area contributed by atoms with Crippen LogP contribution in [-0.4, -0.2) is 24.1 Å². The Morgan fingerprint density at radius 2 is 1.52 bits per heavy atom. The van der Waals surface area contributed by atoms with Gasteiger partial charge >= 0.3 is 11.8 Å². The van der Waals surface area contributed by atoms with E-state index in [1.54, 1.807) is 6.92 Å². The summed E-state index contributed by atoms with van der Waals surface area (Å²) in [5.74, 6) is -0.00915. The summed E-state index contributed by atoms with van der Waals surface area (Å²) in [6, 6.07) is 0. The number of esters is 1. The molecule has 0 aromatic heterocycles. The van der Waals surface area contributed by atoms with Gasteiger partial charge in [-0.05, 0) is 75.0 Å². The van der Waals surface area contributed by atoms with Crippen molar-refractivity contribution in [2.45, 2.75) is 58.3 Å². The Morgan fingerprint density at radius 1 is 1.00 bits per heavy atom. The Kier molecular flexibility index (Phi) is 3.89. The van der Waals surface area contributed by atoms with Gasteiger partial charge in [0.15, 0.2) is 0 Å². The highest BCUT2D eigenvalue weighted by Gasteiger charge is 2.50. The lowest BCUT2D eigenvalue weighted by Gasteiger charge is -2.57. The minimum absolute atomic E-state index is 0.132. The number of Topliss-reactive ketones (excluding diaryl/α,β-unsaturated/α-hetero) is 2. The molecule has 21 heavy (non-hydrogen) atoms. The zero-order valence-corrected chi connectivity index (χ0v) is 12.7. The predicted octanol–water partition coefficient (Wildman–Crippen LogP) is 2.68. The Morgan fingerprint density at radius 3 is 2.00 bits per heavy atom. The van der Waals surface area contributed by atoms with Gasteiger partial charge in [-0.15, -0.1) is 0 Å². The van der Waals surface area contributed by atoms with Crippen LogP contribution >= 0.6 is 0 Å². The van der Waals surface area contributed by atoms with Crippen LogP contribution in [0.25, 0.3) is 0 Å². The van der Waals surface area contributed by atoms with Gasteiger partial charge in [0.25, 0.3) is 0 Å². The second kappa shape index (κ2) is 5.54. The van der Waals surface area contributed by atoms with Crippen molar-refractivity contribution in [2.75, 3.05) is 6.61 Å².